The van der Waals surface area contributed by atoms with E-state index in [-0.39, 0.29) is 19.1 Å². The molecule has 1 aliphatic heterocycles. The molecule has 1 unspecified atom stereocenters. The van der Waals surface area contributed by atoms with Crippen molar-refractivity contribution < 1.29 is 22.7 Å². The van der Waals surface area contributed by atoms with E-state index >= 15 is 0 Å². The Morgan fingerprint density at radius 2 is 1.67 bits per heavy atom. The molecule has 27 heavy (non-hydrogen) atoms. The lowest BCUT2D eigenvalue weighted by Crippen LogP contribution is -2.35. The van der Waals surface area contributed by atoms with Crippen LogP contribution >= 0.6 is 0 Å². The lowest BCUT2D eigenvalue weighted by Gasteiger charge is -2.17. The van der Waals surface area contributed by atoms with Gasteiger partial charge >= 0.3 is 0 Å². The van der Waals surface area contributed by atoms with Crippen molar-refractivity contribution in [3.63, 3.8) is 0 Å². The highest BCUT2D eigenvalue weighted by Crippen LogP contribution is 2.24. The van der Waals surface area contributed by atoms with Gasteiger partial charge in [0, 0.05) is 13.1 Å². The van der Waals surface area contributed by atoms with Crippen molar-refractivity contribution in [3.8, 4) is 11.5 Å². The number of benzene rings is 2. The van der Waals surface area contributed by atoms with Gasteiger partial charge in [-0.3, -0.25) is 4.79 Å². The maximum Gasteiger partial charge on any atom is 0.260 e. The summed E-state index contributed by atoms with van der Waals surface area (Å²) < 4.78 is 36.3. The summed E-state index contributed by atoms with van der Waals surface area (Å²) >= 11 is 0. The van der Waals surface area contributed by atoms with Gasteiger partial charge in [-0.25, -0.2) is 8.42 Å². The number of nitrogens with zero attached hydrogens (tertiary/aromatic N) is 1. The van der Waals surface area contributed by atoms with Gasteiger partial charge in [0.15, 0.2) is 16.4 Å². The molecule has 1 saturated heterocycles. The van der Waals surface area contributed by atoms with Gasteiger partial charge in [-0.15, -0.1) is 0 Å². The van der Waals surface area contributed by atoms with Gasteiger partial charge in [-0.05, 0) is 49.7 Å². The standard InChI is InChI=1S/C20H23NO5S/c1-2-25-16-8-10-17(11-9-16)26-15-20(22)21-13-12-19(14-21)27(23,24)18-6-4-3-5-7-18/h3-11,19H,2,12-15H2,1H3. The monoisotopic (exact) mass is 389 g/mol. The Bertz CT molecular complexity index is 865. The quantitative estimate of drug-likeness (QED) is 0.728. The zero-order valence-electron chi connectivity index (χ0n) is 15.2. The van der Waals surface area contributed by atoms with Gasteiger partial charge in [0.05, 0.1) is 16.8 Å². The third-order valence-corrected chi connectivity index (χ3v) is 6.70. The van der Waals surface area contributed by atoms with Crippen molar-refractivity contribution >= 4 is 15.7 Å². The Morgan fingerprint density at radius 1 is 1.04 bits per heavy atom. The maximum atomic E-state index is 12.7. The molecule has 1 heterocycles. The van der Waals surface area contributed by atoms with Crippen molar-refractivity contribution in [1.82, 2.24) is 4.90 Å². The van der Waals surface area contributed by atoms with Gasteiger partial charge in [-0.1, -0.05) is 18.2 Å². The second kappa shape index (κ2) is 8.43. The number of carbonyl (C=O) groups excluding carboxylic acids is 1. The fourth-order valence-corrected chi connectivity index (χ4v) is 4.76. The molecule has 1 atom stereocenters. The summed E-state index contributed by atoms with van der Waals surface area (Å²) in [6.45, 7) is 2.99. The average Bonchev–Trinajstić information content (AvgIpc) is 3.19. The summed E-state index contributed by atoms with van der Waals surface area (Å²) in [6.07, 6.45) is 0.437. The van der Waals surface area contributed by atoms with Gasteiger partial charge < -0.3 is 14.4 Å². The summed E-state index contributed by atoms with van der Waals surface area (Å²) in [5.74, 6) is 1.10. The van der Waals surface area contributed by atoms with E-state index in [1.165, 1.54) is 0 Å². The van der Waals surface area contributed by atoms with Crippen molar-refractivity contribution in [2.24, 2.45) is 0 Å². The summed E-state index contributed by atoms with van der Waals surface area (Å²) in [7, 11) is -3.43. The van der Waals surface area contributed by atoms with E-state index in [0.29, 0.717) is 30.2 Å². The fraction of sp³-hybridized carbons (Fsp3) is 0.350. The molecule has 3 rings (SSSR count). The third kappa shape index (κ3) is 4.60. The molecule has 0 spiro atoms. The van der Waals surface area contributed by atoms with E-state index < -0.39 is 15.1 Å². The van der Waals surface area contributed by atoms with Crippen LogP contribution < -0.4 is 9.47 Å². The molecule has 1 aliphatic rings. The predicted octanol–water partition coefficient (Wildman–Crippen LogP) is 2.54. The van der Waals surface area contributed by atoms with Crippen molar-refractivity contribution in [1.29, 1.82) is 0 Å². The van der Waals surface area contributed by atoms with Crippen LogP contribution in [0.15, 0.2) is 59.5 Å². The highest BCUT2D eigenvalue weighted by Gasteiger charge is 2.36. The third-order valence-electron chi connectivity index (χ3n) is 4.51. The molecule has 0 radical (unpaired) electrons. The molecule has 7 heteroatoms. The molecule has 0 N–H and O–H groups in total. The first-order valence-electron chi connectivity index (χ1n) is 8.93. The minimum absolute atomic E-state index is 0.119. The molecule has 144 valence electrons. The highest BCUT2D eigenvalue weighted by molar-refractivity contribution is 7.92. The topological polar surface area (TPSA) is 72.9 Å². The van der Waals surface area contributed by atoms with Gasteiger partial charge in [0.1, 0.15) is 11.5 Å². The van der Waals surface area contributed by atoms with Crippen LogP contribution in [0.1, 0.15) is 13.3 Å². The Morgan fingerprint density at radius 3 is 2.30 bits per heavy atom. The number of carbonyl (C=O) groups is 1. The second-order valence-corrected chi connectivity index (χ2v) is 8.53. The second-order valence-electron chi connectivity index (χ2n) is 6.30. The van der Waals surface area contributed by atoms with Crippen LogP contribution in [0.5, 0.6) is 11.5 Å². The predicted molar refractivity (Wildman–Crippen MR) is 102 cm³/mol. The normalized spacial score (nSPS) is 16.9. The average molecular weight is 389 g/mol. The first-order valence-corrected chi connectivity index (χ1v) is 10.5. The maximum absolute atomic E-state index is 12.7. The number of amides is 1. The number of hydrogen-bond donors (Lipinski definition) is 0. The number of likely N-dealkylation sites (tertiary alicyclic amines) is 1. The summed E-state index contributed by atoms with van der Waals surface area (Å²) in [5, 5.41) is -0.575. The zero-order valence-corrected chi connectivity index (χ0v) is 16.0. The lowest BCUT2D eigenvalue weighted by atomic mass is 10.3. The molecular formula is C20H23NO5S. The first-order chi connectivity index (χ1) is 13.0. The van der Waals surface area contributed by atoms with E-state index in [0.717, 1.165) is 5.75 Å². The number of ether oxygens (including phenoxy) is 2. The molecule has 1 fully saturated rings. The van der Waals surface area contributed by atoms with Crippen molar-refractivity contribution in [2.75, 3.05) is 26.3 Å². The summed E-state index contributed by atoms with van der Waals surface area (Å²) in [4.78, 5) is 14.2. The molecule has 2 aromatic carbocycles. The summed E-state index contributed by atoms with van der Waals surface area (Å²) in [5.41, 5.74) is 0. The molecule has 6 nitrogen and oxygen atoms in total. The van der Waals surface area contributed by atoms with Crippen LogP contribution in [0.4, 0.5) is 0 Å². The smallest absolute Gasteiger partial charge is 0.260 e. The molecule has 0 aromatic heterocycles. The number of rotatable bonds is 7. The van der Waals surface area contributed by atoms with Crippen LogP contribution in [-0.2, 0) is 14.6 Å². The minimum atomic E-state index is -3.43. The van der Waals surface area contributed by atoms with E-state index in [1.807, 2.05) is 6.92 Å². The molecule has 0 bridgehead atoms. The van der Waals surface area contributed by atoms with E-state index in [4.69, 9.17) is 9.47 Å². The molecule has 0 aliphatic carbocycles. The van der Waals surface area contributed by atoms with Crippen LogP contribution in [0.25, 0.3) is 0 Å². The first kappa shape index (κ1) is 19.2. The van der Waals surface area contributed by atoms with Crippen LogP contribution in [0, 0.1) is 0 Å². The SMILES string of the molecule is CCOc1ccc(OCC(=O)N2CCC(S(=O)(=O)c3ccccc3)C2)cc1. The molecule has 1 amide bonds. The molecule has 2 aromatic rings. The van der Waals surface area contributed by atoms with Crippen molar-refractivity contribution in [2.45, 2.75) is 23.5 Å². The van der Waals surface area contributed by atoms with Crippen molar-refractivity contribution in [3.05, 3.63) is 54.6 Å². The van der Waals surface area contributed by atoms with Gasteiger partial charge in [0.2, 0.25) is 0 Å². The van der Waals surface area contributed by atoms with Gasteiger partial charge in [-0.2, -0.15) is 0 Å². The van der Waals surface area contributed by atoms with E-state index in [9.17, 15) is 13.2 Å². The zero-order chi connectivity index (χ0) is 19.3. The number of hydrogen-bond acceptors (Lipinski definition) is 5. The van der Waals surface area contributed by atoms with Crippen LogP contribution in [-0.4, -0.2) is 50.8 Å². The van der Waals surface area contributed by atoms with E-state index in [2.05, 4.69) is 0 Å². The highest BCUT2D eigenvalue weighted by atomic mass is 32.2. The fourth-order valence-electron chi connectivity index (χ4n) is 3.05. The van der Waals surface area contributed by atoms with Crippen LogP contribution in [0.3, 0.4) is 0 Å². The van der Waals surface area contributed by atoms with E-state index in [1.54, 1.807) is 59.5 Å². The molecule has 0 saturated carbocycles. The lowest BCUT2D eigenvalue weighted by molar-refractivity contribution is -0.132. The van der Waals surface area contributed by atoms with Gasteiger partial charge in [0.25, 0.3) is 5.91 Å². The Kier molecular flexibility index (Phi) is 6.01. The Hall–Kier alpha value is -2.54. The van der Waals surface area contributed by atoms with Crippen LogP contribution in [0.2, 0.25) is 0 Å². The Balaban J connectivity index is 1.54. The largest absolute Gasteiger partial charge is 0.494 e. The summed E-state index contributed by atoms with van der Waals surface area (Å²) in [6, 6.07) is 15.4. The minimum Gasteiger partial charge on any atom is -0.494 e. The number of sulfone groups is 1. The molecular weight excluding hydrogens is 366 g/mol. The Labute approximate surface area is 159 Å².